The van der Waals surface area contributed by atoms with Crippen molar-refractivity contribution in [1.82, 2.24) is 4.40 Å². The van der Waals surface area contributed by atoms with Gasteiger partial charge in [0.2, 0.25) is 0 Å². The standard InChI is InChI=1S/C9H5BrN2/c10-9-3-1-2-8-7(6-11)4-5-12(8)9/h1-5H. The highest BCUT2D eigenvalue weighted by Gasteiger charge is 2.01. The molecule has 2 nitrogen and oxygen atoms in total. The summed E-state index contributed by atoms with van der Waals surface area (Å²) >= 11 is 3.39. The van der Waals surface area contributed by atoms with Gasteiger partial charge in [-0.05, 0) is 34.1 Å². The van der Waals surface area contributed by atoms with Crippen molar-refractivity contribution < 1.29 is 0 Å². The van der Waals surface area contributed by atoms with E-state index >= 15 is 0 Å². The van der Waals surface area contributed by atoms with Gasteiger partial charge in [0.1, 0.15) is 6.07 Å². The summed E-state index contributed by atoms with van der Waals surface area (Å²) in [6, 6.07) is 9.72. The lowest BCUT2D eigenvalue weighted by molar-refractivity contribution is 1.15. The van der Waals surface area contributed by atoms with Crippen molar-refractivity contribution in [3.05, 3.63) is 40.6 Å². The van der Waals surface area contributed by atoms with E-state index in [1.807, 2.05) is 28.8 Å². The Balaban J connectivity index is 2.91. The molecule has 0 aliphatic carbocycles. The summed E-state index contributed by atoms with van der Waals surface area (Å²) in [6.07, 6.45) is 1.87. The Kier molecular flexibility index (Phi) is 1.63. The monoisotopic (exact) mass is 220 g/mol. The molecule has 2 aromatic heterocycles. The zero-order valence-electron chi connectivity index (χ0n) is 6.16. The van der Waals surface area contributed by atoms with Crippen LogP contribution in [0.4, 0.5) is 0 Å². The van der Waals surface area contributed by atoms with Crippen LogP contribution < -0.4 is 0 Å². The molecule has 58 valence electrons. The Morgan fingerprint density at radius 2 is 2.17 bits per heavy atom. The minimum absolute atomic E-state index is 0.705. The Morgan fingerprint density at radius 3 is 2.92 bits per heavy atom. The SMILES string of the molecule is N#Cc1ccn2c(Br)cccc12. The summed E-state index contributed by atoms with van der Waals surface area (Å²) < 4.78 is 2.89. The second-order valence-electron chi connectivity index (χ2n) is 2.44. The van der Waals surface area contributed by atoms with Gasteiger partial charge in [0.25, 0.3) is 0 Å². The first-order valence-corrected chi connectivity index (χ1v) is 4.28. The molecule has 0 amide bonds. The number of rotatable bonds is 0. The number of pyridine rings is 1. The van der Waals surface area contributed by atoms with Crippen molar-refractivity contribution in [3.63, 3.8) is 0 Å². The van der Waals surface area contributed by atoms with E-state index in [9.17, 15) is 0 Å². The molecule has 0 aliphatic heterocycles. The number of halogens is 1. The number of hydrogen-bond acceptors (Lipinski definition) is 1. The maximum Gasteiger partial charge on any atom is 0.101 e. The van der Waals surface area contributed by atoms with Crippen molar-refractivity contribution in [2.45, 2.75) is 0 Å². The van der Waals surface area contributed by atoms with E-state index in [0.717, 1.165) is 10.1 Å². The molecule has 0 N–H and O–H groups in total. The Hall–Kier alpha value is -1.27. The third kappa shape index (κ3) is 0.926. The zero-order valence-corrected chi connectivity index (χ0v) is 7.75. The van der Waals surface area contributed by atoms with Crippen LogP contribution in [0.2, 0.25) is 0 Å². The quantitative estimate of drug-likeness (QED) is 0.628. The molecule has 0 atom stereocenters. The van der Waals surface area contributed by atoms with Crippen LogP contribution in [0, 0.1) is 11.3 Å². The van der Waals surface area contributed by atoms with Gasteiger partial charge < -0.3 is 4.40 Å². The zero-order chi connectivity index (χ0) is 8.55. The summed E-state index contributed by atoms with van der Waals surface area (Å²) in [5.41, 5.74) is 1.64. The predicted octanol–water partition coefficient (Wildman–Crippen LogP) is 2.57. The highest BCUT2D eigenvalue weighted by molar-refractivity contribution is 9.10. The first kappa shape index (κ1) is 7.38. The van der Waals surface area contributed by atoms with Crippen LogP contribution in [-0.2, 0) is 0 Å². The molecule has 0 aromatic carbocycles. The minimum atomic E-state index is 0.705. The van der Waals surface area contributed by atoms with Crippen LogP contribution in [-0.4, -0.2) is 4.40 Å². The lowest BCUT2D eigenvalue weighted by Gasteiger charge is -1.96. The highest BCUT2D eigenvalue weighted by atomic mass is 79.9. The highest BCUT2D eigenvalue weighted by Crippen LogP contribution is 2.17. The van der Waals surface area contributed by atoms with E-state index in [1.54, 1.807) is 6.07 Å². The largest absolute Gasteiger partial charge is 0.310 e. The topological polar surface area (TPSA) is 28.2 Å². The molecule has 0 radical (unpaired) electrons. The summed E-state index contributed by atoms with van der Waals surface area (Å²) in [6.45, 7) is 0. The second-order valence-corrected chi connectivity index (χ2v) is 3.26. The van der Waals surface area contributed by atoms with E-state index in [4.69, 9.17) is 5.26 Å². The van der Waals surface area contributed by atoms with Gasteiger partial charge in [0.05, 0.1) is 15.7 Å². The van der Waals surface area contributed by atoms with Crippen LogP contribution in [0.25, 0.3) is 5.52 Å². The average Bonchev–Trinajstić information content (AvgIpc) is 2.49. The molecule has 2 heterocycles. The van der Waals surface area contributed by atoms with Crippen LogP contribution >= 0.6 is 15.9 Å². The second kappa shape index (κ2) is 2.65. The van der Waals surface area contributed by atoms with Crippen molar-refractivity contribution in [1.29, 1.82) is 5.26 Å². The molecule has 0 aliphatic rings. The molecule has 3 heteroatoms. The van der Waals surface area contributed by atoms with Crippen LogP contribution in [0.5, 0.6) is 0 Å². The Bertz CT molecular complexity index is 465. The van der Waals surface area contributed by atoms with Crippen molar-refractivity contribution in [2.75, 3.05) is 0 Å². The van der Waals surface area contributed by atoms with E-state index in [1.165, 1.54) is 0 Å². The van der Waals surface area contributed by atoms with Gasteiger partial charge in [-0.3, -0.25) is 0 Å². The summed E-state index contributed by atoms with van der Waals surface area (Å²) in [4.78, 5) is 0. The number of hydrogen-bond donors (Lipinski definition) is 0. The number of aromatic nitrogens is 1. The molecular weight excluding hydrogens is 216 g/mol. The van der Waals surface area contributed by atoms with E-state index in [0.29, 0.717) is 5.56 Å². The fourth-order valence-corrected chi connectivity index (χ4v) is 1.66. The Labute approximate surface area is 78.2 Å². The molecule has 0 bridgehead atoms. The Morgan fingerprint density at radius 1 is 1.33 bits per heavy atom. The first-order valence-electron chi connectivity index (χ1n) is 3.48. The maximum absolute atomic E-state index is 8.74. The smallest absolute Gasteiger partial charge is 0.101 e. The number of nitriles is 1. The lowest BCUT2D eigenvalue weighted by Crippen LogP contribution is -1.83. The minimum Gasteiger partial charge on any atom is -0.310 e. The third-order valence-electron chi connectivity index (χ3n) is 1.76. The molecule has 2 aromatic rings. The van der Waals surface area contributed by atoms with Gasteiger partial charge in [-0.1, -0.05) is 6.07 Å². The molecule has 0 spiro atoms. The first-order chi connectivity index (χ1) is 5.83. The third-order valence-corrected chi connectivity index (χ3v) is 2.41. The van der Waals surface area contributed by atoms with Crippen molar-refractivity contribution in [3.8, 4) is 6.07 Å². The van der Waals surface area contributed by atoms with Gasteiger partial charge in [0, 0.05) is 6.20 Å². The fourth-order valence-electron chi connectivity index (χ4n) is 1.19. The van der Waals surface area contributed by atoms with Crippen molar-refractivity contribution >= 4 is 21.4 Å². The number of nitrogens with zero attached hydrogens (tertiary/aromatic N) is 2. The van der Waals surface area contributed by atoms with Gasteiger partial charge in [0.15, 0.2) is 0 Å². The van der Waals surface area contributed by atoms with Crippen molar-refractivity contribution in [2.24, 2.45) is 0 Å². The van der Waals surface area contributed by atoms with Gasteiger partial charge in [-0.15, -0.1) is 0 Å². The van der Waals surface area contributed by atoms with Crippen LogP contribution in [0.3, 0.4) is 0 Å². The van der Waals surface area contributed by atoms with Gasteiger partial charge >= 0.3 is 0 Å². The fraction of sp³-hybridized carbons (Fsp3) is 0. The molecule has 12 heavy (non-hydrogen) atoms. The average molecular weight is 221 g/mol. The summed E-state index contributed by atoms with van der Waals surface area (Å²) in [5, 5.41) is 8.74. The molecular formula is C9H5BrN2. The summed E-state index contributed by atoms with van der Waals surface area (Å²) in [7, 11) is 0. The predicted molar refractivity (Wildman–Crippen MR) is 49.8 cm³/mol. The van der Waals surface area contributed by atoms with Gasteiger partial charge in [-0.2, -0.15) is 5.26 Å². The maximum atomic E-state index is 8.74. The lowest BCUT2D eigenvalue weighted by atomic mass is 10.3. The summed E-state index contributed by atoms with van der Waals surface area (Å²) in [5.74, 6) is 0. The number of fused-ring (bicyclic) bond motifs is 1. The van der Waals surface area contributed by atoms with Crippen LogP contribution in [0.1, 0.15) is 5.56 Å². The normalized spacial score (nSPS) is 10.0. The molecule has 2 rings (SSSR count). The molecule has 0 unspecified atom stereocenters. The molecule has 0 fully saturated rings. The van der Waals surface area contributed by atoms with E-state index in [2.05, 4.69) is 22.0 Å². The molecule has 0 saturated heterocycles. The van der Waals surface area contributed by atoms with Crippen LogP contribution in [0.15, 0.2) is 35.1 Å². The van der Waals surface area contributed by atoms with E-state index < -0.39 is 0 Å². The van der Waals surface area contributed by atoms with Gasteiger partial charge in [-0.25, -0.2) is 0 Å². The van der Waals surface area contributed by atoms with E-state index in [-0.39, 0.29) is 0 Å². The molecule has 0 saturated carbocycles.